The summed E-state index contributed by atoms with van der Waals surface area (Å²) in [5.41, 5.74) is 2.68. The lowest BCUT2D eigenvalue weighted by Crippen LogP contribution is -2.30. The SMILES string of the molecule is CC(CCCc1ccccc1)C(=O)NCCCc1ccccc1. The van der Waals surface area contributed by atoms with Crippen molar-refractivity contribution in [1.82, 2.24) is 5.32 Å². The number of carbonyl (C=O) groups excluding carboxylic acids is 1. The van der Waals surface area contributed by atoms with Gasteiger partial charge in [-0.3, -0.25) is 4.79 Å². The molecular weight excluding hydrogens is 282 g/mol. The van der Waals surface area contributed by atoms with Crippen LogP contribution in [0.5, 0.6) is 0 Å². The van der Waals surface area contributed by atoms with Gasteiger partial charge in [-0.2, -0.15) is 0 Å². The Kier molecular flexibility index (Phi) is 7.38. The fourth-order valence-corrected chi connectivity index (χ4v) is 2.71. The van der Waals surface area contributed by atoms with Crippen LogP contribution in [0.15, 0.2) is 60.7 Å². The molecule has 2 heteroatoms. The molecule has 1 unspecified atom stereocenters. The van der Waals surface area contributed by atoms with E-state index in [2.05, 4.69) is 53.8 Å². The fraction of sp³-hybridized carbons (Fsp3) is 0.381. The molecule has 2 nitrogen and oxygen atoms in total. The first-order chi connectivity index (χ1) is 11.3. The number of rotatable bonds is 9. The average molecular weight is 309 g/mol. The standard InChI is InChI=1S/C21H27NO/c1-18(10-8-15-19-11-4-2-5-12-19)21(23)22-17-9-16-20-13-6-3-7-14-20/h2-7,11-14,18H,8-10,15-17H2,1H3,(H,22,23). The summed E-state index contributed by atoms with van der Waals surface area (Å²) in [7, 11) is 0. The van der Waals surface area contributed by atoms with E-state index in [1.54, 1.807) is 0 Å². The van der Waals surface area contributed by atoms with E-state index in [9.17, 15) is 4.79 Å². The highest BCUT2D eigenvalue weighted by molar-refractivity contribution is 5.78. The van der Waals surface area contributed by atoms with Gasteiger partial charge in [0.1, 0.15) is 0 Å². The van der Waals surface area contributed by atoms with Crippen molar-refractivity contribution in [2.75, 3.05) is 6.54 Å². The van der Waals surface area contributed by atoms with Crippen LogP contribution in [0.2, 0.25) is 0 Å². The molecule has 0 aliphatic rings. The Balaban J connectivity index is 1.57. The zero-order valence-electron chi connectivity index (χ0n) is 14.0. The molecule has 0 saturated carbocycles. The summed E-state index contributed by atoms with van der Waals surface area (Å²) < 4.78 is 0. The van der Waals surface area contributed by atoms with E-state index in [-0.39, 0.29) is 11.8 Å². The molecule has 0 radical (unpaired) electrons. The minimum atomic E-state index is 0.0930. The Bertz CT molecular complexity index is 565. The summed E-state index contributed by atoms with van der Waals surface area (Å²) in [6, 6.07) is 20.9. The molecule has 0 aliphatic carbocycles. The lowest BCUT2D eigenvalue weighted by Gasteiger charge is -2.12. The van der Waals surface area contributed by atoms with Gasteiger partial charge in [0.15, 0.2) is 0 Å². The number of amides is 1. The Morgan fingerprint density at radius 1 is 0.870 bits per heavy atom. The minimum Gasteiger partial charge on any atom is -0.356 e. The van der Waals surface area contributed by atoms with Crippen LogP contribution in [-0.4, -0.2) is 12.5 Å². The molecule has 0 aromatic heterocycles. The molecule has 2 aromatic carbocycles. The topological polar surface area (TPSA) is 29.1 Å². The highest BCUT2D eigenvalue weighted by atomic mass is 16.1. The predicted molar refractivity (Wildman–Crippen MR) is 96.3 cm³/mol. The van der Waals surface area contributed by atoms with Gasteiger partial charge in [0.05, 0.1) is 0 Å². The highest BCUT2D eigenvalue weighted by Gasteiger charge is 2.11. The quantitative estimate of drug-likeness (QED) is 0.684. The second-order valence-electron chi connectivity index (χ2n) is 6.16. The molecule has 23 heavy (non-hydrogen) atoms. The lowest BCUT2D eigenvalue weighted by atomic mass is 10.0. The third-order valence-electron chi connectivity index (χ3n) is 4.18. The summed E-state index contributed by atoms with van der Waals surface area (Å²) in [4.78, 5) is 12.1. The maximum Gasteiger partial charge on any atom is 0.222 e. The molecule has 0 aliphatic heterocycles. The molecule has 2 aromatic rings. The van der Waals surface area contributed by atoms with Gasteiger partial charge in [-0.15, -0.1) is 0 Å². The molecular formula is C21H27NO. The number of carbonyl (C=O) groups is 1. The van der Waals surface area contributed by atoms with E-state index < -0.39 is 0 Å². The fourth-order valence-electron chi connectivity index (χ4n) is 2.71. The first kappa shape index (κ1) is 17.3. The molecule has 1 atom stereocenters. The highest BCUT2D eigenvalue weighted by Crippen LogP contribution is 2.10. The summed E-state index contributed by atoms with van der Waals surface area (Å²) in [6.45, 7) is 2.79. The number of benzene rings is 2. The van der Waals surface area contributed by atoms with E-state index >= 15 is 0 Å². The van der Waals surface area contributed by atoms with Gasteiger partial charge in [0.25, 0.3) is 0 Å². The largest absolute Gasteiger partial charge is 0.356 e. The molecule has 0 spiro atoms. The summed E-state index contributed by atoms with van der Waals surface area (Å²) >= 11 is 0. The van der Waals surface area contributed by atoms with Crippen molar-refractivity contribution in [3.8, 4) is 0 Å². The zero-order chi connectivity index (χ0) is 16.3. The Hall–Kier alpha value is -2.09. The van der Waals surface area contributed by atoms with Gasteiger partial charge >= 0.3 is 0 Å². The van der Waals surface area contributed by atoms with Crippen LogP contribution in [0.1, 0.15) is 37.3 Å². The van der Waals surface area contributed by atoms with Crippen molar-refractivity contribution in [3.63, 3.8) is 0 Å². The van der Waals surface area contributed by atoms with Crippen molar-refractivity contribution in [1.29, 1.82) is 0 Å². The van der Waals surface area contributed by atoms with Gasteiger partial charge < -0.3 is 5.32 Å². The van der Waals surface area contributed by atoms with E-state index in [1.807, 2.05) is 19.1 Å². The van der Waals surface area contributed by atoms with Gasteiger partial charge in [0, 0.05) is 12.5 Å². The van der Waals surface area contributed by atoms with Crippen molar-refractivity contribution in [2.45, 2.75) is 39.0 Å². The second-order valence-corrected chi connectivity index (χ2v) is 6.16. The van der Waals surface area contributed by atoms with Crippen molar-refractivity contribution >= 4 is 5.91 Å². The molecule has 0 fully saturated rings. The Labute approximate surface area is 139 Å². The normalized spacial score (nSPS) is 11.9. The molecule has 0 heterocycles. The number of hydrogen-bond acceptors (Lipinski definition) is 1. The van der Waals surface area contributed by atoms with Crippen LogP contribution in [-0.2, 0) is 17.6 Å². The summed E-state index contributed by atoms with van der Waals surface area (Å²) in [5, 5.41) is 3.06. The summed E-state index contributed by atoms with van der Waals surface area (Å²) in [6.07, 6.45) is 5.06. The smallest absolute Gasteiger partial charge is 0.222 e. The van der Waals surface area contributed by atoms with E-state index in [0.717, 1.165) is 38.6 Å². The molecule has 2 rings (SSSR count). The third kappa shape index (κ3) is 6.68. The van der Waals surface area contributed by atoms with E-state index in [0.29, 0.717) is 0 Å². The van der Waals surface area contributed by atoms with Crippen molar-refractivity contribution < 1.29 is 4.79 Å². The van der Waals surface area contributed by atoms with Crippen LogP contribution in [0.25, 0.3) is 0 Å². The molecule has 1 amide bonds. The number of nitrogens with one attached hydrogen (secondary N) is 1. The lowest BCUT2D eigenvalue weighted by molar-refractivity contribution is -0.124. The van der Waals surface area contributed by atoms with Gasteiger partial charge in [-0.1, -0.05) is 67.6 Å². The zero-order valence-corrected chi connectivity index (χ0v) is 14.0. The van der Waals surface area contributed by atoms with Gasteiger partial charge in [0.2, 0.25) is 5.91 Å². The van der Waals surface area contributed by atoms with E-state index in [4.69, 9.17) is 0 Å². The first-order valence-corrected chi connectivity index (χ1v) is 8.61. The van der Waals surface area contributed by atoms with Gasteiger partial charge in [-0.05, 0) is 43.2 Å². The maximum atomic E-state index is 12.1. The van der Waals surface area contributed by atoms with Gasteiger partial charge in [-0.25, -0.2) is 0 Å². The van der Waals surface area contributed by atoms with Crippen LogP contribution < -0.4 is 5.32 Å². The first-order valence-electron chi connectivity index (χ1n) is 8.61. The average Bonchev–Trinajstić information content (AvgIpc) is 2.60. The molecule has 0 bridgehead atoms. The summed E-state index contributed by atoms with van der Waals surface area (Å²) in [5.74, 6) is 0.279. The Morgan fingerprint density at radius 2 is 1.39 bits per heavy atom. The predicted octanol–water partition coefficient (Wildman–Crippen LogP) is 4.39. The molecule has 0 saturated heterocycles. The third-order valence-corrected chi connectivity index (χ3v) is 4.18. The number of aryl methyl sites for hydroxylation is 2. The van der Waals surface area contributed by atoms with Crippen molar-refractivity contribution in [3.05, 3.63) is 71.8 Å². The maximum absolute atomic E-state index is 12.1. The van der Waals surface area contributed by atoms with Crippen LogP contribution >= 0.6 is 0 Å². The molecule has 122 valence electrons. The second kappa shape index (κ2) is 9.83. The molecule has 1 N–H and O–H groups in total. The van der Waals surface area contributed by atoms with Crippen LogP contribution in [0, 0.1) is 5.92 Å². The van der Waals surface area contributed by atoms with Crippen LogP contribution in [0.3, 0.4) is 0 Å². The number of hydrogen-bond donors (Lipinski definition) is 1. The van der Waals surface area contributed by atoms with Crippen molar-refractivity contribution in [2.24, 2.45) is 5.92 Å². The Morgan fingerprint density at radius 3 is 1.96 bits per heavy atom. The van der Waals surface area contributed by atoms with E-state index in [1.165, 1.54) is 11.1 Å². The van der Waals surface area contributed by atoms with Crippen LogP contribution in [0.4, 0.5) is 0 Å². The monoisotopic (exact) mass is 309 g/mol. The minimum absolute atomic E-state index is 0.0930.